The molecule has 0 aromatic heterocycles. The summed E-state index contributed by atoms with van der Waals surface area (Å²) in [7, 11) is 2.11. The zero-order chi connectivity index (χ0) is 12.5. The summed E-state index contributed by atoms with van der Waals surface area (Å²) in [4.78, 5) is 2.75. The lowest BCUT2D eigenvalue weighted by molar-refractivity contribution is 0.111. The molecule has 0 saturated carbocycles. The molecule has 2 aliphatic rings. The number of hydrogen-bond donors (Lipinski definition) is 1. The summed E-state index contributed by atoms with van der Waals surface area (Å²) in [6.45, 7) is 3.30. The molecule has 0 radical (unpaired) electrons. The SMILES string of the molecule is CNC1CC2CCC(C1)N2Cc1ccc(C)cc1. The van der Waals surface area contributed by atoms with Gasteiger partial charge in [0.1, 0.15) is 0 Å². The molecule has 2 atom stereocenters. The standard InChI is InChI=1S/C16H24N2/c1-12-3-5-13(6-4-12)11-18-15-7-8-16(18)10-14(9-15)17-2/h3-6,14-17H,7-11H2,1-2H3. The van der Waals surface area contributed by atoms with Crippen molar-refractivity contribution < 1.29 is 0 Å². The predicted octanol–water partition coefficient (Wildman–Crippen LogP) is 2.71. The first-order valence-corrected chi connectivity index (χ1v) is 7.25. The number of rotatable bonds is 3. The van der Waals surface area contributed by atoms with Crippen LogP contribution in [0.2, 0.25) is 0 Å². The molecule has 2 fully saturated rings. The highest BCUT2D eigenvalue weighted by atomic mass is 15.2. The normalized spacial score (nSPS) is 31.8. The van der Waals surface area contributed by atoms with Crippen molar-refractivity contribution in [2.24, 2.45) is 0 Å². The Morgan fingerprint density at radius 3 is 2.28 bits per heavy atom. The number of piperidine rings is 1. The van der Waals surface area contributed by atoms with Gasteiger partial charge in [0.05, 0.1) is 0 Å². The van der Waals surface area contributed by atoms with E-state index in [0.717, 1.165) is 24.7 Å². The van der Waals surface area contributed by atoms with Crippen molar-refractivity contribution in [3.05, 3.63) is 35.4 Å². The second kappa shape index (κ2) is 5.02. The Hall–Kier alpha value is -0.860. The molecule has 1 aromatic rings. The number of fused-ring (bicyclic) bond motifs is 2. The van der Waals surface area contributed by atoms with Crippen LogP contribution in [0.1, 0.15) is 36.8 Å². The van der Waals surface area contributed by atoms with Gasteiger partial charge in [-0.2, -0.15) is 0 Å². The lowest BCUT2D eigenvalue weighted by Gasteiger charge is -2.39. The van der Waals surface area contributed by atoms with E-state index >= 15 is 0 Å². The van der Waals surface area contributed by atoms with Gasteiger partial charge < -0.3 is 5.32 Å². The molecule has 3 rings (SSSR count). The maximum absolute atomic E-state index is 3.47. The monoisotopic (exact) mass is 244 g/mol. The zero-order valence-corrected chi connectivity index (χ0v) is 11.5. The molecule has 0 aliphatic carbocycles. The van der Waals surface area contributed by atoms with Crippen molar-refractivity contribution in [1.82, 2.24) is 10.2 Å². The molecule has 0 spiro atoms. The fraction of sp³-hybridized carbons (Fsp3) is 0.625. The largest absolute Gasteiger partial charge is 0.317 e. The molecular formula is C16H24N2. The molecule has 2 heterocycles. The van der Waals surface area contributed by atoms with E-state index in [9.17, 15) is 0 Å². The van der Waals surface area contributed by atoms with E-state index in [-0.39, 0.29) is 0 Å². The van der Waals surface area contributed by atoms with Gasteiger partial charge in [0.2, 0.25) is 0 Å². The van der Waals surface area contributed by atoms with Gasteiger partial charge >= 0.3 is 0 Å². The second-order valence-electron chi connectivity index (χ2n) is 6.00. The van der Waals surface area contributed by atoms with Crippen LogP contribution in [0.25, 0.3) is 0 Å². The van der Waals surface area contributed by atoms with Gasteiger partial charge in [-0.1, -0.05) is 29.8 Å². The van der Waals surface area contributed by atoms with Crippen LogP contribution in [0.5, 0.6) is 0 Å². The van der Waals surface area contributed by atoms with Gasteiger partial charge in [-0.3, -0.25) is 4.90 Å². The van der Waals surface area contributed by atoms with E-state index in [4.69, 9.17) is 0 Å². The van der Waals surface area contributed by atoms with Crippen LogP contribution in [0.3, 0.4) is 0 Å². The van der Waals surface area contributed by atoms with Crippen LogP contribution >= 0.6 is 0 Å². The van der Waals surface area contributed by atoms with Crippen molar-refractivity contribution in [1.29, 1.82) is 0 Å². The quantitative estimate of drug-likeness (QED) is 0.879. The average molecular weight is 244 g/mol. The van der Waals surface area contributed by atoms with Crippen molar-refractivity contribution in [2.75, 3.05) is 7.05 Å². The molecule has 2 bridgehead atoms. The van der Waals surface area contributed by atoms with Crippen molar-refractivity contribution >= 4 is 0 Å². The highest BCUT2D eigenvalue weighted by Crippen LogP contribution is 2.36. The molecular weight excluding hydrogens is 220 g/mol. The first kappa shape index (κ1) is 12.2. The zero-order valence-electron chi connectivity index (χ0n) is 11.5. The minimum absolute atomic E-state index is 0.747. The topological polar surface area (TPSA) is 15.3 Å². The third-order valence-electron chi connectivity index (χ3n) is 4.78. The molecule has 1 aromatic carbocycles. The van der Waals surface area contributed by atoms with Crippen molar-refractivity contribution in [3.63, 3.8) is 0 Å². The summed E-state index contributed by atoms with van der Waals surface area (Å²) in [5, 5.41) is 3.47. The highest BCUT2D eigenvalue weighted by molar-refractivity contribution is 5.21. The number of hydrogen-bond acceptors (Lipinski definition) is 2. The number of aryl methyl sites for hydroxylation is 1. The minimum Gasteiger partial charge on any atom is -0.317 e. The van der Waals surface area contributed by atoms with E-state index < -0.39 is 0 Å². The highest BCUT2D eigenvalue weighted by Gasteiger charge is 2.39. The van der Waals surface area contributed by atoms with Gasteiger partial charge in [-0.25, -0.2) is 0 Å². The van der Waals surface area contributed by atoms with E-state index in [1.165, 1.54) is 36.8 Å². The Morgan fingerprint density at radius 2 is 1.72 bits per heavy atom. The summed E-state index contributed by atoms with van der Waals surface area (Å²) in [6.07, 6.45) is 5.46. The lowest BCUT2D eigenvalue weighted by Crippen LogP contribution is -2.47. The van der Waals surface area contributed by atoms with Crippen molar-refractivity contribution in [3.8, 4) is 0 Å². The summed E-state index contributed by atoms with van der Waals surface area (Å²) >= 11 is 0. The molecule has 2 nitrogen and oxygen atoms in total. The van der Waals surface area contributed by atoms with Crippen LogP contribution in [0.15, 0.2) is 24.3 Å². The Bertz CT molecular complexity index is 384. The Morgan fingerprint density at radius 1 is 1.11 bits per heavy atom. The molecule has 2 unspecified atom stereocenters. The fourth-order valence-electron chi connectivity index (χ4n) is 3.67. The van der Waals surface area contributed by atoms with Crippen LogP contribution in [-0.2, 0) is 6.54 Å². The van der Waals surface area contributed by atoms with Gasteiger partial charge in [0.25, 0.3) is 0 Å². The Balaban J connectivity index is 1.69. The Kier molecular flexibility index (Phi) is 3.40. The third-order valence-corrected chi connectivity index (χ3v) is 4.78. The second-order valence-corrected chi connectivity index (χ2v) is 6.00. The molecule has 0 amide bonds. The predicted molar refractivity (Wildman–Crippen MR) is 75.6 cm³/mol. The van der Waals surface area contributed by atoms with E-state index in [2.05, 4.69) is 48.5 Å². The molecule has 2 aliphatic heterocycles. The molecule has 2 saturated heterocycles. The average Bonchev–Trinajstić information content (AvgIpc) is 2.63. The van der Waals surface area contributed by atoms with E-state index in [0.29, 0.717) is 0 Å². The van der Waals surface area contributed by atoms with Gasteiger partial charge in [-0.15, -0.1) is 0 Å². The third kappa shape index (κ3) is 2.32. The van der Waals surface area contributed by atoms with Gasteiger partial charge in [0.15, 0.2) is 0 Å². The Labute approximate surface area is 110 Å². The molecule has 2 heteroatoms. The molecule has 98 valence electrons. The maximum atomic E-state index is 3.47. The summed E-state index contributed by atoms with van der Waals surface area (Å²) in [5.41, 5.74) is 2.83. The number of nitrogens with zero attached hydrogens (tertiary/aromatic N) is 1. The summed E-state index contributed by atoms with van der Waals surface area (Å²) < 4.78 is 0. The number of benzene rings is 1. The molecule has 18 heavy (non-hydrogen) atoms. The van der Waals surface area contributed by atoms with E-state index in [1.807, 2.05) is 0 Å². The van der Waals surface area contributed by atoms with Crippen LogP contribution < -0.4 is 5.32 Å². The first-order valence-electron chi connectivity index (χ1n) is 7.25. The minimum atomic E-state index is 0.747. The maximum Gasteiger partial charge on any atom is 0.0239 e. The van der Waals surface area contributed by atoms with Gasteiger partial charge in [-0.05, 0) is 45.2 Å². The van der Waals surface area contributed by atoms with Crippen LogP contribution in [-0.4, -0.2) is 30.1 Å². The van der Waals surface area contributed by atoms with Crippen molar-refractivity contribution in [2.45, 2.75) is 57.3 Å². The summed E-state index contributed by atoms with van der Waals surface area (Å²) in [6, 6.07) is 11.4. The van der Waals surface area contributed by atoms with Crippen LogP contribution in [0.4, 0.5) is 0 Å². The van der Waals surface area contributed by atoms with Gasteiger partial charge in [0, 0.05) is 24.7 Å². The smallest absolute Gasteiger partial charge is 0.0239 e. The van der Waals surface area contributed by atoms with E-state index in [1.54, 1.807) is 0 Å². The fourth-order valence-corrected chi connectivity index (χ4v) is 3.67. The van der Waals surface area contributed by atoms with Crippen LogP contribution in [0, 0.1) is 6.92 Å². The lowest BCUT2D eigenvalue weighted by atomic mass is 9.96. The summed E-state index contributed by atoms with van der Waals surface area (Å²) in [5.74, 6) is 0. The number of nitrogens with one attached hydrogen (secondary N) is 1. The molecule has 1 N–H and O–H groups in total. The first-order chi connectivity index (χ1) is 8.76.